The van der Waals surface area contributed by atoms with Gasteiger partial charge < -0.3 is 9.72 Å². The number of aryl methyl sites for hydroxylation is 1. The van der Waals surface area contributed by atoms with Crippen molar-refractivity contribution < 1.29 is 4.74 Å². The van der Waals surface area contributed by atoms with Crippen molar-refractivity contribution >= 4 is 10.9 Å². The third-order valence-electron chi connectivity index (χ3n) is 2.52. The van der Waals surface area contributed by atoms with Crippen molar-refractivity contribution in [3.05, 3.63) is 39.7 Å². The van der Waals surface area contributed by atoms with Gasteiger partial charge in [-0.2, -0.15) is 5.26 Å². The fourth-order valence-electron chi connectivity index (χ4n) is 1.68. The second-order valence-corrected chi connectivity index (χ2v) is 3.51. The van der Waals surface area contributed by atoms with Crippen LogP contribution in [-0.4, -0.2) is 12.1 Å². The van der Waals surface area contributed by atoms with Gasteiger partial charge in [-0.3, -0.25) is 4.79 Å². The second-order valence-electron chi connectivity index (χ2n) is 3.51. The molecule has 2 aromatic rings. The number of fused-ring (bicyclic) bond motifs is 1. The molecule has 1 aromatic carbocycles. The lowest BCUT2D eigenvalue weighted by molar-refractivity contribution is 0.415. The molecule has 0 saturated carbocycles. The highest BCUT2D eigenvalue weighted by Gasteiger charge is 2.08. The summed E-state index contributed by atoms with van der Waals surface area (Å²) in [5.74, 6) is 0.616. The molecule has 80 valence electrons. The predicted molar refractivity (Wildman–Crippen MR) is 60.6 cm³/mol. The molecule has 0 spiro atoms. The fraction of sp³-hybridized carbons (Fsp3) is 0.167. The molecule has 4 heteroatoms. The Balaban J connectivity index is 2.93. The van der Waals surface area contributed by atoms with E-state index in [1.54, 1.807) is 13.2 Å². The molecule has 1 aromatic heterocycles. The van der Waals surface area contributed by atoms with Crippen LogP contribution >= 0.6 is 0 Å². The normalized spacial score (nSPS) is 10.1. The van der Waals surface area contributed by atoms with E-state index in [9.17, 15) is 4.79 Å². The third-order valence-corrected chi connectivity index (χ3v) is 2.52. The van der Waals surface area contributed by atoms with Gasteiger partial charge in [0, 0.05) is 6.20 Å². The third kappa shape index (κ3) is 1.43. The van der Waals surface area contributed by atoms with Crippen molar-refractivity contribution in [2.75, 3.05) is 7.11 Å². The molecule has 0 saturated heterocycles. The lowest BCUT2D eigenvalue weighted by Crippen LogP contribution is -2.08. The molecule has 0 amide bonds. The number of benzene rings is 1. The smallest absolute Gasteiger partial charge is 0.207 e. The maximum absolute atomic E-state index is 11.9. The van der Waals surface area contributed by atoms with Gasteiger partial charge in [0.2, 0.25) is 5.43 Å². The number of pyridine rings is 1. The first-order chi connectivity index (χ1) is 7.67. The zero-order valence-corrected chi connectivity index (χ0v) is 9.00. The molecule has 0 fully saturated rings. The largest absolute Gasteiger partial charge is 0.497 e. The van der Waals surface area contributed by atoms with Crippen LogP contribution in [0.2, 0.25) is 0 Å². The highest BCUT2D eigenvalue weighted by molar-refractivity contribution is 5.84. The first kappa shape index (κ1) is 10.2. The van der Waals surface area contributed by atoms with Gasteiger partial charge in [0.15, 0.2) is 0 Å². The van der Waals surface area contributed by atoms with Gasteiger partial charge in [-0.1, -0.05) is 0 Å². The Hall–Kier alpha value is -2.28. The van der Waals surface area contributed by atoms with E-state index in [1.165, 1.54) is 6.20 Å². The lowest BCUT2D eigenvalue weighted by Gasteiger charge is -2.05. The number of H-pyrrole nitrogens is 1. The Bertz CT molecular complexity index is 650. The van der Waals surface area contributed by atoms with E-state index >= 15 is 0 Å². The number of hydrogen-bond acceptors (Lipinski definition) is 3. The maximum atomic E-state index is 11.9. The zero-order chi connectivity index (χ0) is 11.7. The Morgan fingerprint density at radius 3 is 2.81 bits per heavy atom. The summed E-state index contributed by atoms with van der Waals surface area (Å²) in [4.78, 5) is 14.8. The molecular weight excluding hydrogens is 204 g/mol. The number of aromatic nitrogens is 1. The molecule has 0 aliphatic carbocycles. The molecule has 0 bridgehead atoms. The molecule has 0 unspecified atom stereocenters. The summed E-state index contributed by atoms with van der Waals surface area (Å²) in [6.45, 7) is 1.88. The number of hydrogen-bond donors (Lipinski definition) is 1. The number of aromatic amines is 1. The highest BCUT2D eigenvalue weighted by Crippen LogP contribution is 2.21. The maximum Gasteiger partial charge on any atom is 0.207 e. The van der Waals surface area contributed by atoms with Crippen LogP contribution in [0.1, 0.15) is 11.1 Å². The lowest BCUT2D eigenvalue weighted by atomic mass is 10.1. The van der Waals surface area contributed by atoms with Gasteiger partial charge in [0.05, 0.1) is 18.0 Å². The summed E-state index contributed by atoms with van der Waals surface area (Å²) in [7, 11) is 1.54. The minimum absolute atomic E-state index is 0.111. The van der Waals surface area contributed by atoms with Crippen LogP contribution in [0, 0.1) is 18.3 Å². The van der Waals surface area contributed by atoms with E-state index in [4.69, 9.17) is 10.00 Å². The van der Waals surface area contributed by atoms with Gasteiger partial charge in [-0.15, -0.1) is 0 Å². The molecule has 16 heavy (non-hydrogen) atoms. The Kier molecular flexibility index (Phi) is 2.37. The van der Waals surface area contributed by atoms with Crippen LogP contribution in [0.25, 0.3) is 10.9 Å². The minimum atomic E-state index is -0.266. The van der Waals surface area contributed by atoms with Crippen molar-refractivity contribution in [2.45, 2.75) is 6.92 Å². The highest BCUT2D eigenvalue weighted by atomic mass is 16.5. The zero-order valence-electron chi connectivity index (χ0n) is 9.00. The molecule has 4 nitrogen and oxygen atoms in total. The average Bonchev–Trinajstić information content (AvgIpc) is 2.30. The van der Waals surface area contributed by atoms with Gasteiger partial charge >= 0.3 is 0 Å². The van der Waals surface area contributed by atoms with Crippen molar-refractivity contribution in [1.29, 1.82) is 5.26 Å². The number of nitriles is 1. The van der Waals surface area contributed by atoms with E-state index in [-0.39, 0.29) is 11.0 Å². The van der Waals surface area contributed by atoms with Crippen LogP contribution in [0.15, 0.2) is 23.1 Å². The van der Waals surface area contributed by atoms with Crippen molar-refractivity contribution in [3.63, 3.8) is 0 Å². The van der Waals surface area contributed by atoms with E-state index < -0.39 is 0 Å². The van der Waals surface area contributed by atoms with Crippen LogP contribution in [-0.2, 0) is 0 Å². The molecular formula is C12H10N2O2. The van der Waals surface area contributed by atoms with Crippen LogP contribution in [0.4, 0.5) is 0 Å². The van der Waals surface area contributed by atoms with Crippen LogP contribution in [0.5, 0.6) is 5.75 Å². The van der Waals surface area contributed by atoms with Gasteiger partial charge in [0.1, 0.15) is 17.4 Å². The Morgan fingerprint density at radius 1 is 1.44 bits per heavy atom. The molecule has 0 aliphatic heterocycles. The molecule has 2 rings (SSSR count). The van der Waals surface area contributed by atoms with Gasteiger partial charge in [-0.05, 0) is 24.6 Å². The summed E-state index contributed by atoms with van der Waals surface area (Å²) in [6.07, 6.45) is 1.43. The van der Waals surface area contributed by atoms with Crippen molar-refractivity contribution in [2.24, 2.45) is 0 Å². The van der Waals surface area contributed by atoms with E-state index in [2.05, 4.69) is 4.98 Å². The van der Waals surface area contributed by atoms with Crippen molar-refractivity contribution in [3.8, 4) is 11.8 Å². The molecule has 0 atom stereocenters. The van der Waals surface area contributed by atoms with E-state index in [0.717, 1.165) is 11.1 Å². The molecule has 1 heterocycles. The average molecular weight is 214 g/mol. The number of nitrogens with zero attached hydrogens (tertiary/aromatic N) is 1. The van der Waals surface area contributed by atoms with Crippen LogP contribution in [0.3, 0.4) is 0 Å². The first-order valence-electron chi connectivity index (χ1n) is 4.77. The van der Waals surface area contributed by atoms with Crippen molar-refractivity contribution in [1.82, 2.24) is 4.98 Å². The predicted octanol–water partition coefficient (Wildman–Crippen LogP) is 1.72. The fourth-order valence-corrected chi connectivity index (χ4v) is 1.68. The summed E-state index contributed by atoms with van der Waals surface area (Å²) >= 11 is 0. The number of methoxy groups -OCH3 is 1. The van der Waals surface area contributed by atoms with E-state index in [0.29, 0.717) is 11.1 Å². The monoisotopic (exact) mass is 214 g/mol. The Morgan fingerprint density at radius 2 is 2.19 bits per heavy atom. The minimum Gasteiger partial charge on any atom is -0.497 e. The molecule has 1 N–H and O–H groups in total. The second kappa shape index (κ2) is 3.70. The SMILES string of the molecule is COc1cc(C)c2[nH]cc(C#N)c(=O)c2c1. The molecule has 0 radical (unpaired) electrons. The van der Waals surface area contributed by atoms with E-state index in [1.807, 2.05) is 19.1 Å². The summed E-state index contributed by atoms with van der Waals surface area (Å²) in [5, 5.41) is 9.25. The summed E-state index contributed by atoms with van der Waals surface area (Å²) in [6, 6.07) is 5.34. The standard InChI is InChI=1S/C12H10N2O2/c1-7-3-9(16-2)4-10-11(7)14-6-8(5-13)12(10)15/h3-4,6H,1-2H3,(H,14,15). The van der Waals surface area contributed by atoms with Gasteiger partial charge in [0.25, 0.3) is 0 Å². The van der Waals surface area contributed by atoms with Crippen LogP contribution < -0.4 is 10.2 Å². The number of nitrogens with one attached hydrogen (secondary N) is 1. The summed E-state index contributed by atoms with van der Waals surface area (Å²) in [5.41, 5.74) is 1.50. The molecule has 0 aliphatic rings. The summed E-state index contributed by atoms with van der Waals surface area (Å²) < 4.78 is 5.10. The number of rotatable bonds is 1. The topological polar surface area (TPSA) is 65.9 Å². The Labute approximate surface area is 92.1 Å². The first-order valence-corrected chi connectivity index (χ1v) is 4.77. The van der Waals surface area contributed by atoms with Gasteiger partial charge in [-0.25, -0.2) is 0 Å². The number of ether oxygens (including phenoxy) is 1. The quantitative estimate of drug-likeness (QED) is 0.785.